The van der Waals surface area contributed by atoms with Crippen molar-refractivity contribution in [2.45, 2.75) is 4.90 Å². The first kappa shape index (κ1) is 16.0. The van der Waals surface area contributed by atoms with Crippen molar-refractivity contribution in [3.63, 3.8) is 0 Å². The molecule has 0 aliphatic carbocycles. The second-order valence-corrected chi connectivity index (χ2v) is 5.30. The summed E-state index contributed by atoms with van der Waals surface area (Å²) in [6.07, 6.45) is 0. The molecule has 3 nitrogen and oxygen atoms in total. The fraction of sp³-hybridized carbons (Fsp3) is 0.167. The summed E-state index contributed by atoms with van der Waals surface area (Å²) in [4.78, 5) is 12.5. The van der Waals surface area contributed by atoms with Crippen LogP contribution in [-0.2, 0) is 4.74 Å². The van der Waals surface area contributed by atoms with Gasteiger partial charge in [0.1, 0.15) is 5.75 Å². The topological polar surface area (TPSA) is 35.5 Å². The predicted molar refractivity (Wildman–Crippen MR) is 88.4 cm³/mol. The molecule has 4 heteroatoms. The number of hydrogen-bond donors (Lipinski definition) is 0. The largest absolute Gasteiger partial charge is 0.495 e. The maximum absolute atomic E-state index is 11.7. The van der Waals surface area contributed by atoms with Crippen molar-refractivity contribution in [3.8, 4) is 17.6 Å². The third-order valence-corrected chi connectivity index (χ3v) is 3.88. The zero-order valence-corrected chi connectivity index (χ0v) is 13.3. The highest BCUT2D eigenvalue weighted by atomic mass is 32.2. The number of carbonyl (C=O) groups is 1. The number of para-hydroxylation sites is 1. The second kappa shape index (κ2) is 8.16. The molecule has 0 unspecified atom stereocenters. The molecule has 0 fully saturated rings. The summed E-state index contributed by atoms with van der Waals surface area (Å²) < 4.78 is 10.0. The SMILES string of the molecule is COC(=O)c1ccccc1SCC#Cc1ccccc1OC. The normalized spacial score (nSPS) is 9.55. The van der Waals surface area contributed by atoms with Crippen LogP contribution in [0, 0.1) is 11.8 Å². The Morgan fingerprint density at radius 2 is 1.82 bits per heavy atom. The van der Waals surface area contributed by atoms with Crippen LogP contribution in [0.2, 0.25) is 0 Å². The van der Waals surface area contributed by atoms with E-state index in [4.69, 9.17) is 9.47 Å². The molecule has 0 spiro atoms. The van der Waals surface area contributed by atoms with E-state index < -0.39 is 0 Å². The van der Waals surface area contributed by atoms with E-state index in [0.717, 1.165) is 16.2 Å². The lowest BCUT2D eigenvalue weighted by Gasteiger charge is -2.05. The van der Waals surface area contributed by atoms with Gasteiger partial charge in [-0.15, -0.1) is 11.8 Å². The van der Waals surface area contributed by atoms with E-state index in [9.17, 15) is 4.79 Å². The van der Waals surface area contributed by atoms with E-state index in [2.05, 4.69) is 11.8 Å². The lowest BCUT2D eigenvalue weighted by molar-refractivity contribution is 0.0597. The molecule has 2 rings (SSSR count). The molecular weight excluding hydrogens is 296 g/mol. The van der Waals surface area contributed by atoms with Gasteiger partial charge in [-0.1, -0.05) is 36.1 Å². The Morgan fingerprint density at radius 3 is 2.59 bits per heavy atom. The number of thioether (sulfide) groups is 1. The maximum Gasteiger partial charge on any atom is 0.338 e. The van der Waals surface area contributed by atoms with Gasteiger partial charge in [0.2, 0.25) is 0 Å². The number of ether oxygens (including phenoxy) is 2. The first-order chi connectivity index (χ1) is 10.8. The molecule has 0 saturated heterocycles. The minimum atomic E-state index is -0.333. The molecule has 0 atom stereocenters. The fourth-order valence-electron chi connectivity index (χ4n) is 1.86. The standard InChI is InChI=1S/C18H16O3S/c1-20-16-11-5-3-8-14(16)9-7-13-22-17-12-6-4-10-15(17)18(19)21-2/h3-6,8,10-12H,13H2,1-2H3. The molecule has 112 valence electrons. The number of methoxy groups -OCH3 is 2. The molecule has 0 N–H and O–H groups in total. The zero-order chi connectivity index (χ0) is 15.8. The summed E-state index contributed by atoms with van der Waals surface area (Å²) in [5.74, 6) is 7.18. The van der Waals surface area contributed by atoms with E-state index in [1.165, 1.54) is 18.9 Å². The Kier molecular flexibility index (Phi) is 5.93. The van der Waals surface area contributed by atoms with Gasteiger partial charge in [-0.25, -0.2) is 4.79 Å². The summed E-state index contributed by atoms with van der Waals surface area (Å²) in [6.45, 7) is 0. The van der Waals surface area contributed by atoms with Gasteiger partial charge in [-0.3, -0.25) is 0 Å². The van der Waals surface area contributed by atoms with E-state index >= 15 is 0 Å². The van der Waals surface area contributed by atoms with Crippen LogP contribution in [0.15, 0.2) is 53.4 Å². The highest BCUT2D eigenvalue weighted by molar-refractivity contribution is 7.99. The molecule has 0 amide bonds. The van der Waals surface area contributed by atoms with Crippen LogP contribution in [0.3, 0.4) is 0 Å². The zero-order valence-electron chi connectivity index (χ0n) is 12.5. The molecule has 2 aromatic rings. The predicted octanol–water partition coefficient (Wildman–Crippen LogP) is 3.63. The molecule has 0 aromatic heterocycles. The Morgan fingerprint density at radius 1 is 1.09 bits per heavy atom. The van der Waals surface area contributed by atoms with Crippen LogP contribution < -0.4 is 4.74 Å². The number of benzene rings is 2. The first-order valence-corrected chi connectivity index (χ1v) is 7.67. The van der Waals surface area contributed by atoms with Crippen molar-refractivity contribution in [3.05, 3.63) is 59.7 Å². The smallest absolute Gasteiger partial charge is 0.338 e. The third kappa shape index (κ3) is 4.06. The first-order valence-electron chi connectivity index (χ1n) is 6.68. The van der Waals surface area contributed by atoms with Crippen molar-refractivity contribution in [1.82, 2.24) is 0 Å². The minimum Gasteiger partial charge on any atom is -0.495 e. The van der Waals surface area contributed by atoms with Crippen LogP contribution in [0.1, 0.15) is 15.9 Å². The molecule has 0 saturated carbocycles. The van der Waals surface area contributed by atoms with Crippen molar-refractivity contribution < 1.29 is 14.3 Å². The van der Waals surface area contributed by atoms with Gasteiger partial charge in [-0.2, -0.15) is 0 Å². The van der Waals surface area contributed by atoms with Crippen LogP contribution in [0.5, 0.6) is 5.75 Å². The highest BCUT2D eigenvalue weighted by Gasteiger charge is 2.10. The van der Waals surface area contributed by atoms with Crippen LogP contribution >= 0.6 is 11.8 Å². The summed E-state index contributed by atoms with van der Waals surface area (Å²) >= 11 is 1.51. The van der Waals surface area contributed by atoms with Crippen molar-refractivity contribution in [1.29, 1.82) is 0 Å². The molecular formula is C18H16O3S. The number of esters is 1. The quantitative estimate of drug-likeness (QED) is 0.491. The second-order valence-electron chi connectivity index (χ2n) is 4.28. The Hall–Kier alpha value is -2.38. The molecule has 0 aliphatic rings. The van der Waals surface area contributed by atoms with Gasteiger partial charge in [0.15, 0.2) is 0 Å². The number of carbonyl (C=O) groups excluding carboxylic acids is 1. The molecule has 0 bridgehead atoms. The van der Waals surface area contributed by atoms with Crippen molar-refractivity contribution >= 4 is 17.7 Å². The fourth-order valence-corrected chi connectivity index (χ4v) is 2.65. The lowest BCUT2D eigenvalue weighted by atomic mass is 10.2. The summed E-state index contributed by atoms with van der Waals surface area (Å²) in [6, 6.07) is 15.0. The van der Waals surface area contributed by atoms with Crippen LogP contribution in [-0.4, -0.2) is 25.9 Å². The summed E-state index contributed by atoms with van der Waals surface area (Å²) in [7, 11) is 3.01. The Bertz CT molecular complexity index is 714. The minimum absolute atomic E-state index is 0.333. The van der Waals surface area contributed by atoms with Gasteiger partial charge >= 0.3 is 5.97 Å². The van der Waals surface area contributed by atoms with Crippen molar-refractivity contribution in [2.75, 3.05) is 20.0 Å². The molecule has 0 heterocycles. The molecule has 22 heavy (non-hydrogen) atoms. The van der Waals surface area contributed by atoms with E-state index in [0.29, 0.717) is 11.3 Å². The van der Waals surface area contributed by atoms with E-state index in [-0.39, 0.29) is 5.97 Å². The van der Waals surface area contributed by atoms with Gasteiger partial charge < -0.3 is 9.47 Å². The number of rotatable bonds is 4. The van der Waals surface area contributed by atoms with Crippen molar-refractivity contribution in [2.24, 2.45) is 0 Å². The van der Waals surface area contributed by atoms with Gasteiger partial charge in [0.25, 0.3) is 0 Å². The average molecular weight is 312 g/mol. The van der Waals surface area contributed by atoms with Gasteiger partial charge in [-0.05, 0) is 24.3 Å². The molecule has 0 aliphatic heterocycles. The maximum atomic E-state index is 11.7. The van der Waals surface area contributed by atoms with E-state index in [1.54, 1.807) is 13.2 Å². The van der Waals surface area contributed by atoms with E-state index in [1.807, 2.05) is 42.5 Å². The van der Waals surface area contributed by atoms with Crippen LogP contribution in [0.25, 0.3) is 0 Å². The van der Waals surface area contributed by atoms with Gasteiger partial charge in [0.05, 0.1) is 31.1 Å². The summed E-state index contributed by atoms with van der Waals surface area (Å²) in [5, 5.41) is 0. The molecule has 0 radical (unpaired) electrons. The highest BCUT2D eigenvalue weighted by Crippen LogP contribution is 2.23. The number of hydrogen-bond acceptors (Lipinski definition) is 4. The van der Waals surface area contributed by atoms with Crippen LogP contribution in [0.4, 0.5) is 0 Å². The molecule has 2 aromatic carbocycles. The van der Waals surface area contributed by atoms with Gasteiger partial charge in [0, 0.05) is 4.90 Å². The Balaban J connectivity index is 2.07. The third-order valence-electron chi connectivity index (χ3n) is 2.92. The Labute approximate surface area is 134 Å². The lowest BCUT2D eigenvalue weighted by Crippen LogP contribution is -2.02. The average Bonchev–Trinajstić information content (AvgIpc) is 2.58. The monoisotopic (exact) mass is 312 g/mol. The summed E-state index contributed by atoms with van der Waals surface area (Å²) in [5.41, 5.74) is 1.42.